The zero-order valence-electron chi connectivity index (χ0n) is 9.75. The van der Waals surface area contributed by atoms with Crippen LogP contribution in [-0.4, -0.2) is 0 Å². The summed E-state index contributed by atoms with van der Waals surface area (Å²) in [6.07, 6.45) is 0. The van der Waals surface area contributed by atoms with E-state index in [2.05, 4.69) is 53.2 Å². The molecule has 16 heavy (non-hydrogen) atoms. The maximum absolute atomic E-state index is 5.55. The minimum Gasteiger partial charge on any atom is -0.466 e. The van der Waals surface area contributed by atoms with Crippen molar-refractivity contribution >= 4 is 15.9 Å². The number of hydrogen-bond donors (Lipinski definition) is 0. The van der Waals surface area contributed by atoms with E-state index in [1.807, 2.05) is 13.8 Å². The third-order valence-electron chi connectivity index (χ3n) is 2.72. The van der Waals surface area contributed by atoms with E-state index in [-0.39, 0.29) is 4.83 Å². The van der Waals surface area contributed by atoms with Crippen molar-refractivity contribution in [1.82, 2.24) is 0 Å². The fraction of sp³-hybridized carbons (Fsp3) is 0.286. The predicted octanol–water partition coefficient (Wildman–Crippen LogP) is 4.69. The van der Waals surface area contributed by atoms with Gasteiger partial charge < -0.3 is 4.42 Å². The van der Waals surface area contributed by atoms with Crippen molar-refractivity contribution in [2.45, 2.75) is 25.6 Å². The normalized spacial score (nSPS) is 12.8. The van der Waals surface area contributed by atoms with E-state index >= 15 is 0 Å². The van der Waals surface area contributed by atoms with Crippen LogP contribution in [0, 0.1) is 20.8 Å². The second-order valence-corrected chi connectivity index (χ2v) is 5.06. The van der Waals surface area contributed by atoms with Gasteiger partial charge in [0.05, 0.1) is 4.83 Å². The van der Waals surface area contributed by atoms with E-state index in [1.165, 1.54) is 16.7 Å². The fourth-order valence-electron chi connectivity index (χ4n) is 1.82. The van der Waals surface area contributed by atoms with Crippen LogP contribution in [-0.2, 0) is 0 Å². The van der Waals surface area contributed by atoms with Gasteiger partial charge >= 0.3 is 0 Å². The Morgan fingerprint density at radius 3 is 2.19 bits per heavy atom. The molecule has 84 valence electrons. The van der Waals surface area contributed by atoms with Gasteiger partial charge in [0.2, 0.25) is 0 Å². The zero-order chi connectivity index (χ0) is 11.7. The molecule has 0 aliphatic carbocycles. The maximum Gasteiger partial charge on any atom is 0.105 e. The molecule has 1 atom stereocenters. The highest BCUT2D eigenvalue weighted by Crippen LogP contribution is 2.34. The van der Waals surface area contributed by atoms with E-state index in [4.69, 9.17) is 4.42 Å². The summed E-state index contributed by atoms with van der Waals surface area (Å²) >= 11 is 3.72. The third kappa shape index (κ3) is 2.22. The van der Waals surface area contributed by atoms with Crippen LogP contribution in [0.3, 0.4) is 0 Å². The van der Waals surface area contributed by atoms with Crippen LogP contribution in [0.2, 0.25) is 0 Å². The van der Waals surface area contributed by atoms with Gasteiger partial charge in [0.15, 0.2) is 0 Å². The van der Waals surface area contributed by atoms with E-state index in [1.54, 1.807) is 0 Å². The first kappa shape index (κ1) is 11.5. The lowest BCUT2D eigenvalue weighted by molar-refractivity contribution is 0.502. The molecule has 0 aliphatic rings. The minimum absolute atomic E-state index is 0.213. The van der Waals surface area contributed by atoms with Crippen molar-refractivity contribution in [3.63, 3.8) is 0 Å². The van der Waals surface area contributed by atoms with Crippen molar-refractivity contribution in [3.05, 3.63) is 58.5 Å². The van der Waals surface area contributed by atoms with Crippen molar-refractivity contribution in [2.24, 2.45) is 0 Å². The molecule has 1 aromatic carbocycles. The average molecular weight is 279 g/mol. The lowest BCUT2D eigenvalue weighted by Gasteiger charge is -2.09. The molecule has 0 spiro atoms. The Morgan fingerprint density at radius 2 is 1.69 bits per heavy atom. The number of alkyl halides is 1. The Bertz CT molecular complexity index is 482. The Labute approximate surface area is 105 Å². The monoisotopic (exact) mass is 278 g/mol. The number of benzene rings is 1. The molecule has 0 bridgehead atoms. The van der Waals surface area contributed by atoms with E-state index in [0.29, 0.717) is 0 Å². The van der Waals surface area contributed by atoms with E-state index < -0.39 is 0 Å². The Kier molecular flexibility index (Phi) is 3.20. The number of rotatable bonds is 2. The van der Waals surface area contributed by atoms with Gasteiger partial charge in [-0.15, -0.1) is 0 Å². The van der Waals surface area contributed by atoms with Crippen LogP contribution in [0.15, 0.2) is 34.7 Å². The van der Waals surface area contributed by atoms with Crippen molar-refractivity contribution in [2.75, 3.05) is 0 Å². The number of halogens is 1. The molecule has 0 N–H and O–H groups in total. The Hall–Kier alpha value is -1.02. The molecule has 1 unspecified atom stereocenters. The van der Waals surface area contributed by atoms with E-state index in [0.717, 1.165) is 11.5 Å². The standard InChI is InChI=1S/C14H15BrO/c1-9-4-6-12(7-5-9)14(15)13-8-10(2)16-11(13)3/h4-8,14H,1-3H3. The predicted molar refractivity (Wildman–Crippen MR) is 70.1 cm³/mol. The summed E-state index contributed by atoms with van der Waals surface area (Å²) in [5, 5.41) is 0. The first-order valence-corrected chi connectivity index (χ1v) is 6.27. The molecule has 2 aromatic rings. The molecule has 2 heteroatoms. The SMILES string of the molecule is Cc1ccc(C(Br)c2cc(C)oc2C)cc1. The van der Waals surface area contributed by atoms with Crippen molar-refractivity contribution in [3.8, 4) is 0 Å². The van der Waals surface area contributed by atoms with Gasteiger partial charge in [-0.2, -0.15) is 0 Å². The van der Waals surface area contributed by atoms with E-state index in [9.17, 15) is 0 Å². The topological polar surface area (TPSA) is 13.1 Å². The summed E-state index contributed by atoms with van der Waals surface area (Å²) in [5.74, 6) is 1.95. The van der Waals surface area contributed by atoms with Crippen LogP contribution < -0.4 is 0 Å². The molecule has 2 rings (SSSR count). The largest absolute Gasteiger partial charge is 0.466 e. The minimum atomic E-state index is 0.213. The van der Waals surface area contributed by atoms with Gasteiger partial charge in [-0.05, 0) is 32.4 Å². The molecular formula is C14H15BrO. The summed E-state index contributed by atoms with van der Waals surface area (Å²) in [7, 11) is 0. The molecule has 1 nitrogen and oxygen atoms in total. The summed E-state index contributed by atoms with van der Waals surface area (Å²) in [6.45, 7) is 6.08. The summed E-state index contributed by atoms with van der Waals surface area (Å²) in [6, 6.07) is 10.7. The summed E-state index contributed by atoms with van der Waals surface area (Å²) in [5.41, 5.74) is 3.75. The highest BCUT2D eigenvalue weighted by atomic mass is 79.9. The molecule has 0 radical (unpaired) electrons. The highest BCUT2D eigenvalue weighted by molar-refractivity contribution is 9.09. The quantitative estimate of drug-likeness (QED) is 0.727. The van der Waals surface area contributed by atoms with Crippen LogP contribution in [0.4, 0.5) is 0 Å². The summed E-state index contributed by atoms with van der Waals surface area (Å²) < 4.78 is 5.55. The second kappa shape index (κ2) is 4.46. The maximum atomic E-state index is 5.55. The smallest absolute Gasteiger partial charge is 0.105 e. The van der Waals surface area contributed by atoms with Crippen LogP contribution in [0.25, 0.3) is 0 Å². The first-order valence-electron chi connectivity index (χ1n) is 5.35. The lowest BCUT2D eigenvalue weighted by atomic mass is 10.0. The van der Waals surface area contributed by atoms with Gasteiger partial charge in [0.25, 0.3) is 0 Å². The molecule has 0 saturated heterocycles. The Morgan fingerprint density at radius 1 is 1.06 bits per heavy atom. The van der Waals surface area contributed by atoms with Crippen molar-refractivity contribution in [1.29, 1.82) is 0 Å². The van der Waals surface area contributed by atoms with Gasteiger partial charge in [-0.25, -0.2) is 0 Å². The fourth-order valence-corrected chi connectivity index (χ4v) is 2.58. The molecular weight excluding hydrogens is 264 g/mol. The number of furan rings is 1. The third-order valence-corrected chi connectivity index (χ3v) is 3.74. The number of aryl methyl sites for hydroxylation is 3. The molecule has 0 saturated carbocycles. The zero-order valence-corrected chi connectivity index (χ0v) is 11.3. The van der Waals surface area contributed by atoms with Gasteiger partial charge in [0.1, 0.15) is 11.5 Å². The van der Waals surface area contributed by atoms with Gasteiger partial charge in [-0.3, -0.25) is 0 Å². The molecule has 1 aromatic heterocycles. The Balaban J connectivity index is 2.35. The van der Waals surface area contributed by atoms with Crippen molar-refractivity contribution < 1.29 is 4.42 Å². The molecule has 0 amide bonds. The molecule has 0 fully saturated rings. The van der Waals surface area contributed by atoms with Gasteiger partial charge in [0, 0.05) is 5.56 Å². The average Bonchev–Trinajstić information content (AvgIpc) is 2.58. The highest BCUT2D eigenvalue weighted by Gasteiger charge is 2.15. The van der Waals surface area contributed by atoms with Gasteiger partial charge in [-0.1, -0.05) is 45.8 Å². The number of hydrogen-bond acceptors (Lipinski definition) is 1. The first-order chi connectivity index (χ1) is 7.58. The molecule has 0 aliphatic heterocycles. The molecule has 1 heterocycles. The van der Waals surface area contributed by atoms with Crippen LogP contribution >= 0.6 is 15.9 Å². The lowest BCUT2D eigenvalue weighted by Crippen LogP contribution is -1.92. The van der Waals surface area contributed by atoms with Crippen LogP contribution in [0.1, 0.15) is 33.0 Å². The second-order valence-electron chi connectivity index (χ2n) is 4.14. The summed E-state index contributed by atoms with van der Waals surface area (Å²) in [4.78, 5) is 0.213. The van der Waals surface area contributed by atoms with Crippen LogP contribution in [0.5, 0.6) is 0 Å².